The molecule has 0 radical (unpaired) electrons. The number of methoxy groups -OCH3 is 1. The Balaban J connectivity index is 1.99. The molecule has 0 unspecified atom stereocenters. The molecule has 2 rings (SSSR count). The van der Waals surface area contributed by atoms with Crippen LogP contribution in [-0.4, -0.2) is 20.3 Å². The molecule has 0 atom stereocenters. The topological polar surface area (TPSA) is 30.5 Å². The van der Waals surface area contributed by atoms with E-state index in [2.05, 4.69) is 35.8 Å². The van der Waals surface area contributed by atoms with Crippen molar-refractivity contribution < 1.29 is 9.47 Å². The van der Waals surface area contributed by atoms with E-state index in [0.29, 0.717) is 6.61 Å². The number of nitrogens with one attached hydrogen (secondary N) is 1. The summed E-state index contributed by atoms with van der Waals surface area (Å²) in [6.07, 6.45) is 0.940. The van der Waals surface area contributed by atoms with Gasteiger partial charge in [0.15, 0.2) is 0 Å². The number of thiophene rings is 1. The van der Waals surface area contributed by atoms with Crippen molar-refractivity contribution in [3.8, 4) is 11.5 Å². The van der Waals surface area contributed by atoms with E-state index in [1.54, 1.807) is 18.4 Å². The fourth-order valence-corrected chi connectivity index (χ4v) is 2.61. The van der Waals surface area contributed by atoms with Crippen molar-refractivity contribution in [3.63, 3.8) is 0 Å². The number of ether oxygens (including phenoxy) is 2. The molecule has 1 aromatic heterocycles. The van der Waals surface area contributed by atoms with Crippen molar-refractivity contribution >= 4 is 11.3 Å². The minimum absolute atomic E-state index is 0.687. The molecule has 0 saturated heterocycles. The SMILES string of the molecule is CCNCc1ccc(OC)cc1OCCc1cccs1. The second kappa shape index (κ2) is 7.92. The Kier molecular flexibility index (Phi) is 5.89. The molecule has 1 heterocycles. The third-order valence-electron chi connectivity index (χ3n) is 3.03. The summed E-state index contributed by atoms with van der Waals surface area (Å²) in [4.78, 5) is 1.35. The van der Waals surface area contributed by atoms with Gasteiger partial charge in [0.1, 0.15) is 11.5 Å². The van der Waals surface area contributed by atoms with Gasteiger partial charge in [-0.15, -0.1) is 11.3 Å². The highest BCUT2D eigenvalue weighted by Gasteiger charge is 2.06. The number of benzene rings is 1. The average molecular weight is 291 g/mol. The van der Waals surface area contributed by atoms with Crippen LogP contribution in [0.4, 0.5) is 0 Å². The fraction of sp³-hybridized carbons (Fsp3) is 0.375. The van der Waals surface area contributed by atoms with Crippen LogP contribution >= 0.6 is 11.3 Å². The van der Waals surface area contributed by atoms with Gasteiger partial charge in [-0.25, -0.2) is 0 Å². The lowest BCUT2D eigenvalue weighted by Crippen LogP contribution is -2.13. The zero-order valence-electron chi connectivity index (χ0n) is 12.0. The van der Waals surface area contributed by atoms with Gasteiger partial charge < -0.3 is 14.8 Å². The molecule has 0 bridgehead atoms. The van der Waals surface area contributed by atoms with Crippen LogP contribution < -0.4 is 14.8 Å². The fourth-order valence-electron chi connectivity index (χ4n) is 1.92. The first kappa shape index (κ1) is 14.9. The van der Waals surface area contributed by atoms with Gasteiger partial charge in [0.05, 0.1) is 13.7 Å². The second-order valence-electron chi connectivity index (χ2n) is 4.43. The van der Waals surface area contributed by atoms with Gasteiger partial charge in [-0.2, -0.15) is 0 Å². The van der Waals surface area contributed by atoms with Crippen LogP contribution in [0.25, 0.3) is 0 Å². The first-order valence-electron chi connectivity index (χ1n) is 6.86. The van der Waals surface area contributed by atoms with E-state index in [0.717, 1.165) is 31.0 Å². The van der Waals surface area contributed by atoms with E-state index < -0.39 is 0 Å². The molecule has 108 valence electrons. The maximum atomic E-state index is 5.94. The van der Waals surface area contributed by atoms with E-state index in [9.17, 15) is 0 Å². The van der Waals surface area contributed by atoms with Crippen LogP contribution in [0, 0.1) is 0 Å². The quantitative estimate of drug-likeness (QED) is 0.807. The second-order valence-corrected chi connectivity index (χ2v) is 5.46. The van der Waals surface area contributed by atoms with Crippen molar-refractivity contribution in [2.75, 3.05) is 20.3 Å². The van der Waals surface area contributed by atoms with E-state index >= 15 is 0 Å². The van der Waals surface area contributed by atoms with Crippen molar-refractivity contribution in [1.82, 2.24) is 5.32 Å². The maximum Gasteiger partial charge on any atom is 0.127 e. The molecule has 0 saturated carbocycles. The average Bonchev–Trinajstić information content (AvgIpc) is 2.99. The van der Waals surface area contributed by atoms with Crippen molar-refractivity contribution in [3.05, 3.63) is 46.2 Å². The molecule has 0 amide bonds. The monoisotopic (exact) mass is 291 g/mol. The summed E-state index contributed by atoms with van der Waals surface area (Å²) in [6, 6.07) is 10.2. The normalized spacial score (nSPS) is 10.5. The summed E-state index contributed by atoms with van der Waals surface area (Å²) in [7, 11) is 1.68. The van der Waals surface area contributed by atoms with E-state index in [4.69, 9.17) is 9.47 Å². The molecule has 20 heavy (non-hydrogen) atoms. The zero-order valence-corrected chi connectivity index (χ0v) is 12.8. The largest absolute Gasteiger partial charge is 0.497 e. The first-order valence-corrected chi connectivity index (χ1v) is 7.74. The predicted molar refractivity (Wildman–Crippen MR) is 83.9 cm³/mol. The summed E-state index contributed by atoms with van der Waals surface area (Å²) in [5.41, 5.74) is 1.17. The number of hydrogen-bond donors (Lipinski definition) is 1. The summed E-state index contributed by atoms with van der Waals surface area (Å²) in [5, 5.41) is 5.42. The van der Waals surface area contributed by atoms with Crippen LogP contribution in [0.1, 0.15) is 17.4 Å². The lowest BCUT2D eigenvalue weighted by Gasteiger charge is -2.13. The summed E-state index contributed by atoms with van der Waals surface area (Å²) >= 11 is 1.77. The molecule has 0 aliphatic rings. The summed E-state index contributed by atoms with van der Waals surface area (Å²) < 4.78 is 11.2. The molecule has 1 N–H and O–H groups in total. The molecular formula is C16H21NO2S. The Bertz CT molecular complexity index is 511. The Labute approximate surface area is 124 Å². The molecule has 2 aromatic rings. The van der Waals surface area contributed by atoms with Crippen LogP contribution in [0.5, 0.6) is 11.5 Å². The summed E-state index contributed by atoms with van der Waals surface area (Å²) in [6.45, 7) is 4.54. The van der Waals surface area contributed by atoms with Crippen LogP contribution in [-0.2, 0) is 13.0 Å². The lowest BCUT2D eigenvalue weighted by atomic mass is 10.2. The molecule has 3 nitrogen and oxygen atoms in total. The minimum Gasteiger partial charge on any atom is -0.497 e. The molecule has 1 aromatic carbocycles. The molecule has 0 aliphatic carbocycles. The van der Waals surface area contributed by atoms with Crippen molar-refractivity contribution in [2.45, 2.75) is 19.9 Å². The van der Waals surface area contributed by atoms with Crippen molar-refractivity contribution in [2.24, 2.45) is 0 Å². The molecule has 0 fully saturated rings. The predicted octanol–water partition coefficient (Wildman–Crippen LogP) is 3.49. The smallest absolute Gasteiger partial charge is 0.127 e. The van der Waals surface area contributed by atoms with E-state index in [-0.39, 0.29) is 0 Å². The van der Waals surface area contributed by atoms with E-state index in [1.807, 2.05) is 12.1 Å². The van der Waals surface area contributed by atoms with Gasteiger partial charge in [-0.1, -0.05) is 19.1 Å². The maximum absolute atomic E-state index is 5.94. The minimum atomic E-state index is 0.687. The standard InChI is InChI=1S/C16H21NO2S/c1-3-17-12-13-6-7-14(18-2)11-16(13)19-9-8-15-5-4-10-20-15/h4-7,10-11,17H,3,8-9,12H2,1-2H3. The van der Waals surface area contributed by atoms with Crippen LogP contribution in [0.2, 0.25) is 0 Å². The lowest BCUT2D eigenvalue weighted by molar-refractivity contribution is 0.315. The Morgan fingerprint density at radius 2 is 2.15 bits per heavy atom. The zero-order chi connectivity index (χ0) is 14.2. The highest BCUT2D eigenvalue weighted by Crippen LogP contribution is 2.25. The van der Waals surface area contributed by atoms with Gasteiger partial charge in [0, 0.05) is 29.5 Å². The third kappa shape index (κ3) is 4.25. The van der Waals surface area contributed by atoms with E-state index in [1.165, 1.54) is 10.4 Å². The summed E-state index contributed by atoms with van der Waals surface area (Å²) in [5.74, 6) is 1.73. The molecule has 4 heteroatoms. The third-order valence-corrected chi connectivity index (χ3v) is 3.96. The first-order chi connectivity index (χ1) is 9.83. The van der Waals surface area contributed by atoms with Gasteiger partial charge in [0.2, 0.25) is 0 Å². The van der Waals surface area contributed by atoms with Gasteiger partial charge in [-0.05, 0) is 24.1 Å². The van der Waals surface area contributed by atoms with Gasteiger partial charge in [-0.3, -0.25) is 0 Å². The van der Waals surface area contributed by atoms with Crippen LogP contribution in [0.3, 0.4) is 0 Å². The Hall–Kier alpha value is -1.52. The number of hydrogen-bond acceptors (Lipinski definition) is 4. The van der Waals surface area contributed by atoms with Crippen molar-refractivity contribution in [1.29, 1.82) is 0 Å². The molecule has 0 aliphatic heterocycles. The van der Waals surface area contributed by atoms with Crippen LogP contribution in [0.15, 0.2) is 35.7 Å². The molecule has 0 spiro atoms. The number of rotatable bonds is 8. The highest BCUT2D eigenvalue weighted by molar-refractivity contribution is 7.09. The van der Waals surface area contributed by atoms with Gasteiger partial charge >= 0.3 is 0 Å². The Morgan fingerprint density at radius 3 is 2.85 bits per heavy atom. The molecular weight excluding hydrogens is 270 g/mol. The highest BCUT2D eigenvalue weighted by atomic mass is 32.1. The van der Waals surface area contributed by atoms with Gasteiger partial charge in [0.25, 0.3) is 0 Å². The Morgan fingerprint density at radius 1 is 1.25 bits per heavy atom.